The van der Waals surface area contributed by atoms with Crippen LogP contribution in [0.25, 0.3) is 6.08 Å². The van der Waals surface area contributed by atoms with Crippen molar-refractivity contribution >= 4 is 35.3 Å². The molecule has 1 saturated carbocycles. The molecule has 2 aliphatic carbocycles. The van der Waals surface area contributed by atoms with Crippen LogP contribution in [0.1, 0.15) is 30.9 Å². The van der Waals surface area contributed by atoms with Crippen LogP contribution in [-0.4, -0.2) is 60.5 Å². The van der Waals surface area contributed by atoms with Gasteiger partial charge in [0.1, 0.15) is 17.4 Å². The van der Waals surface area contributed by atoms with E-state index >= 15 is 0 Å². The molecule has 0 amide bonds. The lowest BCUT2D eigenvalue weighted by molar-refractivity contribution is 0.310. The number of benzene rings is 1. The number of hydrogen-bond acceptors (Lipinski definition) is 7. The third-order valence-electron chi connectivity index (χ3n) is 6.90. The largest absolute Gasteiger partial charge is 0.437 e. The van der Waals surface area contributed by atoms with Gasteiger partial charge in [-0.2, -0.15) is 9.97 Å². The molecule has 0 spiro atoms. The highest BCUT2D eigenvalue weighted by Gasteiger charge is 2.28. The van der Waals surface area contributed by atoms with Gasteiger partial charge in [0.25, 0.3) is 0 Å². The molecule has 0 bridgehead atoms. The lowest BCUT2D eigenvalue weighted by atomic mass is 10.1. The van der Waals surface area contributed by atoms with Gasteiger partial charge in [0, 0.05) is 37.8 Å². The molecule has 2 fully saturated rings. The summed E-state index contributed by atoms with van der Waals surface area (Å²) in [5.74, 6) is 3.98. The molecular formula is C26H29ClN6O. The number of amidine groups is 1. The highest BCUT2D eigenvalue weighted by Crippen LogP contribution is 2.40. The molecule has 176 valence electrons. The van der Waals surface area contributed by atoms with E-state index in [0.29, 0.717) is 34.3 Å². The van der Waals surface area contributed by atoms with E-state index in [9.17, 15) is 0 Å². The predicted octanol–water partition coefficient (Wildman–Crippen LogP) is 4.79. The van der Waals surface area contributed by atoms with Gasteiger partial charge in [-0.1, -0.05) is 29.3 Å². The SMILES string of the molecule is CC1=Cc2c(ccc(Oc3cc(NC4=NCC(C5CC5)=C4)nc(N4CCN(C)CC4)n3)c2Cl)C1. The number of anilines is 2. The normalized spacial score (nSPS) is 20.1. The van der Waals surface area contributed by atoms with Crippen LogP contribution in [0.2, 0.25) is 5.02 Å². The quantitative estimate of drug-likeness (QED) is 0.669. The van der Waals surface area contributed by atoms with Gasteiger partial charge < -0.3 is 19.9 Å². The maximum Gasteiger partial charge on any atom is 0.230 e. The molecule has 0 radical (unpaired) electrons. The molecule has 2 aromatic rings. The van der Waals surface area contributed by atoms with Crippen molar-refractivity contribution in [2.24, 2.45) is 10.9 Å². The number of nitrogens with zero attached hydrogens (tertiary/aromatic N) is 5. The van der Waals surface area contributed by atoms with Crippen molar-refractivity contribution in [3.8, 4) is 11.6 Å². The zero-order chi connectivity index (χ0) is 23.2. The molecule has 8 heteroatoms. The Bertz CT molecular complexity index is 1220. The number of piperazine rings is 1. The summed E-state index contributed by atoms with van der Waals surface area (Å²) in [6.07, 6.45) is 7.80. The predicted molar refractivity (Wildman–Crippen MR) is 137 cm³/mol. The van der Waals surface area contributed by atoms with Gasteiger partial charge in [0.2, 0.25) is 11.8 Å². The van der Waals surface area contributed by atoms with Crippen molar-refractivity contribution in [3.63, 3.8) is 0 Å². The molecule has 4 aliphatic rings. The highest BCUT2D eigenvalue weighted by molar-refractivity contribution is 6.33. The van der Waals surface area contributed by atoms with E-state index in [1.54, 1.807) is 0 Å². The Morgan fingerprint density at radius 2 is 1.91 bits per heavy atom. The topological polar surface area (TPSA) is 65.9 Å². The van der Waals surface area contributed by atoms with Gasteiger partial charge in [0.05, 0.1) is 11.6 Å². The summed E-state index contributed by atoms with van der Waals surface area (Å²) in [7, 11) is 2.14. The van der Waals surface area contributed by atoms with Crippen LogP contribution < -0.4 is 15.0 Å². The van der Waals surface area contributed by atoms with Crippen LogP contribution in [0.5, 0.6) is 11.6 Å². The lowest BCUT2D eigenvalue weighted by Crippen LogP contribution is -2.45. The zero-order valence-corrected chi connectivity index (χ0v) is 20.4. The van der Waals surface area contributed by atoms with Gasteiger partial charge in [0.15, 0.2) is 0 Å². The van der Waals surface area contributed by atoms with E-state index < -0.39 is 0 Å². The Labute approximate surface area is 205 Å². The molecule has 1 saturated heterocycles. The summed E-state index contributed by atoms with van der Waals surface area (Å²) in [5.41, 5.74) is 4.99. The smallest absolute Gasteiger partial charge is 0.230 e. The van der Waals surface area contributed by atoms with E-state index in [0.717, 1.165) is 50.5 Å². The summed E-state index contributed by atoms with van der Waals surface area (Å²) >= 11 is 6.73. The number of rotatable bonds is 5. The Morgan fingerprint density at radius 1 is 1.09 bits per heavy atom. The Kier molecular flexibility index (Phi) is 5.54. The minimum atomic E-state index is 0.469. The van der Waals surface area contributed by atoms with Crippen LogP contribution in [0, 0.1) is 5.92 Å². The van der Waals surface area contributed by atoms with Crippen molar-refractivity contribution < 1.29 is 4.74 Å². The van der Waals surface area contributed by atoms with Gasteiger partial charge >= 0.3 is 0 Å². The van der Waals surface area contributed by atoms with Crippen molar-refractivity contribution in [3.05, 3.63) is 51.6 Å². The lowest BCUT2D eigenvalue weighted by Gasteiger charge is -2.32. The van der Waals surface area contributed by atoms with Crippen molar-refractivity contribution in [2.75, 3.05) is 50.0 Å². The number of hydrogen-bond donors (Lipinski definition) is 1. The molecule has 7 nitrogen and oxygen atoms in total. The van der Waals surface area contributed by atoms with E-state index in [2.05, 4.69) is 52.3 Å². The minimum absolute atomic E-state index is 0.469. The van der Waals surface area contributed by atoms with Crippen molar-refractivity contribution in [1.29, 1.82) is 0 Å². The van der Waals surface area contributed by atoms with Gasteiger partial charge in [-0.05, 0) is 62.4 Å². The molecule has 3 heterocycles. The summed E-state index contributed by atoms with van der Waals surface area (Å²) in [6, 6.07) is 5.85. The number of aliphatic imine (C=N–C) groups is 1. The van der Waals surface area contributed by atoms with Crippen LogP contribution in [0.4, 0.5) is 11.8 Å². The molecule has 6 rings (SSSR count). The van der Waals surface area contributed by atoms with Crippen LogP contribution >= 0.6 is 11.6 Å². The number of nitrogens with one attached hydrogen (secondary N) is 1. The van der Waals surface area contributed by atoms with E-state index in [-0.39, 0.29) is 0 Å². The second kappa shape index (κ2) is 8.71. The molecule has 1 aromatic heterocycles. The van der Waals surface area contributed by atoms with Crippen LogP contribution in [0.15, 0.2) is 40.4 Å². The van der Waals surface area contributed by atoms with Gasteiger partial charge in [-0.25, -0.2) is 0 Å². The zero-order valence-electron chi connectivity index (χ0n) is 19.6. The molecule has 1 N–H and O–H groups in total. The third-order valence-corrected chi connectivity index (χ3v) is 7.29. The molecule has 0 atom stereocenters. The number of halogens is 1. The Morgan fingerprint density at radius 3 is 2.71 bits per heavy atom. The van der Waals surface area contributed by atoms with E-state index in [1.165, 1.54) is 29.6 Å². The van der Waals surface area contributed by atoms with Crippen molar-refractivity contribution in [1.82, 2.24) is 14.9 Å². The first kappa shape index (κ1) is 21.6. The number of ether oxygens (including phenoxy) is 1. The average molecular weight is 477 g/mol. The number of allylic oxidation sites excluding steroid dienone is 1. The fourth-order valence-corrected chi connectivity index (χ4v) is 5.02. The summed E-state index contributed by atoms with van der Waals surface area (Å²) in [4.78, 5) is 18.8. The van der Waals surface area contributed by atoms with Crippen molar-refractivity contribution in [2.45, 2.75) is 26.2 Å². The average Bonchev–Trinajstić information content (AvgIpc) is 3.45. The summed E-state index contributed by atoms with van der Waals surface area (Å²) in [5, 5.41) is 4.02. The first-order valence-electron chi connectivity index (χ1n) is 12.0. The maximum absolute atomic E-state index is 6.73. The van der Waals surface area contributed by atoms with Crippen LogP contribution in [0.3, 0.4) is 0 Å². The Balaban J connectivity index is 1.30. The third kappa shape index (κ3) is 4.42. The second-order valence-electron chi connectivity index (χ2n) is 9.72. The minimum Gasteiger partial charge on any atom is -0.437 e. The maximum atomic E-state index is 6.73. The fraction of sp³-hybridized carbons (Fsp3) is 0.423. The molecule has 2 aliphatic heterocycles. The van der Waals surface area contributed by atoms with E-state index in [1.807, 2.05) is 12.1 Å². The second-order valence-corrected chi connectivity index (χ2v) is 10.1. The van der Waals surface area contributed by atoms with Crippen LogP contribution in [-0.2, 0) is 6.42 Å². The Hall–Kier alpha value is -2.90. The number of fused-ring (bicyclic) bond motifs is 1. The number of aromatic nitrogens is 2. The molecular weight excluding hydrogens is 448 g/mol. The first-order chi connectivity index (χ1) is 16.5. The first-order valence-corrected chi connectivity index (χ1v) is 12.4. The summed E-state index contributed by atoms with van der Waals surface area (Å²) in [6.45, 7) is 6.59. The van der Waals surface area contributed by atoms with E-state index in [4.69, 9.17) is 26.3 Å². The monoisotopic (exact) mass is 476 g/mol. The standard InChI is InChI=1S/C26H29ClN6O/c1-16-11-18-5-6-21(25(27)20(18)12-16)34-24-14-23(29-22-13-19(15-28-22)17-3-4-17)30-26(31-24)33-9-7-32(2)8-10-33/h5-6,12-14,17H,3-4,7-11,15H2,1-2H3,(H,28,29,30,31). The number of likely N-dealkylation sites (N-methyl/N-ethyl adjacent to an activating group) is 1. The van der Waals surface area contributed by atoms with Gasteiger partial charge in [-0.3, -0.25) is 4.99 Å². The molecule has 0 unspecified atom stereocenters. The molecule has 34 heavy (non-hydrogen) atoms. The molecule has 1 aromatic carbocycles. The van der Waals surface area contributed by atoms with Gasteiger partial charge in [-0.15, -0.1) is 0 Å². The summed E-state index contributed by atoms with van der Waals surface area (Å²) < 4.78 is 6.25. The highest BCUT2D eigenvalue weighted by atomic mass is 35.5. The fourth-order valence-electron chi connectivity index (χ4n) is 4.74.